The number of benzene rings is 1. The molecule has 2 heteroatoms. The van der Waals surface area contributed by atoms with Crippen LogP contribution in [0.4, 0.5) is 0 Å². The minimum atomic E-state index is 0.322. The summed E-state index contributed by atoms with van der Waals surface area (Å²) in [7, 11) is 0. The SMILES string of the molecule is CBr.CC.Oc1ccccc1. The molecule has 0 bridgehead atoms. The minimum absolute atomic E-state index is 0.322. The van der Waals surface area contributed by atoms with Gasteiger partial charge in [-0.15, -0.1) is 0 Å². The Morgan fingerprint density at radius 1 is 1.00 bits per heavy atom. The molecule has 0 atom stereocenters. The highest BCUT2D eigenvalue weighted by molar-refractivity contribution is 9.08. The Labute approximate surface area is 77.2 Å². The highest BCUT2D eigenvalue weighted by atomic mass is 79.9. The van der Waals surface area contributed by atoms with Gasteiger partial charge in [0, 0.05) is 0 Å². The van der Waals surface area contributed by atoms with Gasteiger partial charge in [0.05, 0.1) is 0 Å². The lowest BCUT2D eigenvalue weighted by atomic mass is 10.3. The van der Waals surface area contributed by atoms with Crippen molar-refractivity contribution in [1.82, 2.24) is 0 Å². The molecule has 1 N–H and O–H groups in total. The normalized spacial score (nSPS) is 6.55. The van der Waals surface area contributed by atoms with E-state index in [9.17, 15) is 0 Å². The molecule has 0 aliphatic heterocycles. The standard InChI is InChI=1S/C6H6O.C2H6.CH3Br/c7-6-4-2-1-3-5-6;2*1-2/h1-5,7H;1-2H3;1H3. The summed E-state index contributed by atoms with van der Waals surface area (Å²) in [5, 5.41) is 8.63. The average Bonchev–Trinajstić information content (AvgIpc) is 2.13. The lowest BCUT2D eigenvalue weighted by Gasteiger charge is -1.82. The van der Waals surface area contributed by atoms with Crippen molar-refractivity contribution in [3.63, 3.8) is 0 Å². The molecule has 1 aromatic carbocycles. The van der Waals surface area contributed by atoms with Crippen molar-refractivity contribution in [3.8, 4) is 5.75 Å². The molecule has 0 radical (unpaired) electrons. The number of phenolic OH excluding ortho intramolecular Hbond substituents is 1. The Morgan fingerprint density at radius 3 is 1.55 bits per heavy atom. The number of para-hydroxylation sites is 1. The maximum atomic E-state index is 8.63. The van der Waals surface area contributed by atoms with Crippen LogP contribution in [0.1, 0.15) is 13.8 Å². The summed E-state index contributed by atoms with van der Waals surface area (Å²) in [5.74, 6) is 2.13. The van der Waals surface area contributed by atoms with Crippen LogP contribution >= 0.6 is 15.9 Å². The fourth-order valence-electron chi connectivity index (χ4n) is 0.428. The average molecular weight is 219 g/mol. The lowest BCUT2D eigenvalue weighted by Crippen LogP contribution is -1.56. The summed E-state index contributed by atoms with van der Waals surface area (Å²) in [4.78, 5) is 0. The molecule has 0 unspecified atom stereocenters. The lowest BCUT2D eigenvalue weighted by molar-refractivity contribution is 0.475. The molecule has 0 fully saturated rings. The number of halogens is 1. The van der Waals surface area contributed by atoms with Crippen molar-refractivity contribution < 1.29 is 5.11 Å². The number of hydrogen-bond donors (Lipinski definition) is 1. The number of phenols is 1. The van der Waals surface area contributed by atoms with Crippen molar-refractivity contribution in [3.05, 3.63) is 30.3 Å². The third kappa shape index (κ3) is 9.50. The molecule has 0 saturated carbocycles. The Hall–Kier alpha value is -0.500. The molecule has 1 rings (SSSR count). The molecule has 0 heterocycles. The zero-order valence-electron chi connectivity index (χ0n) is 7.21. The molecule has 0 aromatic heterocycles. The van der Waals surface area contributed by atoms with Gasteiger partial charge in [-0.3, -0.25) is 0 Å². The Kier molecular flexibility index (Phi) is 14.5. The van der Waals surface area contributed by atoms with Crippen molar-refractivity contribution in [1.29, 1.82) is 0 Å². The molecule has 11 heavy (non-hydrogen) atoms. The predicted molar refractivity (Wildman–Crippen MR) is 54.3 cm³/mol. The van der Waals surface area contributed by atoms with Crippen LogP contribution in [0.25, 0.3) is 0 Å². The fourth-order valence-corrected chi connectivity index (χ4v) is 0.428. The van der Waals surface area contributed by atoms with Crippen LogP contribution in [-0.4, -0.2) is 10.9 Å². The summed E-state index contributed by atoms with van der Waals surface area (Å²) < 4.78 is 0. The van der Waals surface area contributed by atoms with E-state index in [4.69, 9.17) is 5.11 Å². The number of aromatic hydroxyl groups is 1. The first-order valence-corrected chi connectivity index (χ1v) is 5.10. The van der Waals surface area contributed by atoms with Crippen molar-refractivity contribution >= 4 is 15.9 Å². The van der Waals surface area contributed by atoms with Crippen LogP contribution in [0, 0.1) is 0 Å². The Morgan fingerprint density at radius 2 is 1.36 bits per heavy atom. The van der Waals surface area contributed by atoms with Gasteiger partial charge in [0.25, 0.3) is 0 Å². The van der Waals surface area contributed by atoms with Gasteiger partial charge in [0.15, 0.2) is 0 Å². The van der Waals surface area contributed by atoms with Gasteiger partial charge >= 0.3 is 0 Å². The molecule has 64 valence electrons. The van der Waals surface area contributed by atoms with E-state index in [1.165, 1.54) is 0 Å². The molecule has 1 aromatic rings. The molecule has 0 spiro atoms. The second-order valence-electron chi connectivity index (χ2n) is 1.34. The van der Waals surface area contributed by atoms with Gasteiger partial charge in [0.2, 0.25) is 0 Å². The van der Waals surface area contributed by atoms with Gasteiger partial charge < -0.3 is 5.11 Å². The van der Waals surface area contributed by atoms with Crippen LogP contribution < -0.4 is 0 Å². The third-order valence-corrected chi connectivity index (χ3v) is 0.756. The van der Waals surface area contributed by atoms with Gasteiger partial charge in [-0.2, -0.15) is 0 Å². The van der Waals surface area contributed by atoms with E-state index < -0.39 is 0 Å². The van der Waals surface area contributed by atoms with Gasteiger partial charge in [-0.1, -0.05) is 48.0 Å². The molecular weight excluding hydrogens is 204 g/mol. The minimum Gasteiger partial charge on any atom is -0.508 e. The first-order valence-electron chi connectivity index (χ1n) is 3.51. The molecular formula is C9H15BrO. The zero-order valence-corrected chi connectivity index (χ0v) is 8.80. The number of hydrogen-bond acceptors (Lipinski definition) is 1. The van der Waals surface area contributed by atoms with E-state index in [0.717, 1.165) is 0 Å². The topological polar surface area (TPSA) is 20.2 Å². The smallest absolute Gasteiger partial charge is 0.115 e. The van der Waals surface area contributed by atoms with E-state index in [2.05, 4.69) is 15.9 Å². The summed E-state index contributed by atoms with van der Waals surface area (Å²) in [6, 6.07) is 8.71. The van der Waals surface area contributed by atoms with Crippen LogP contribution in [-0.2, 0) is 0 Å². The monoisotopic (exact) mass is 218 g/mol. The van der Waals surface area contributed by atoms with E-state index in [-0.39, 0.29) is 0 Å². The largest absolute Gasteiger partial charge is 0.508 e. The fraction of sp³-hybridized carbons (Fsp3) is 0.333. The number of rotatable bonds is 0. The molecule has 0 aliphatic carbocycles. The third-order valence-electron chi connectivity index (χ3n) is 0.756. The summed E-state index contributed by atoms with van der Waals surface area (Å²) >= 11 is 2.94. The first-order chi connectivity index (χ1) is 5.39. The van der Waals surface area contributed by atoms with E-state index in [0.29, 0.717) is 5.75 Å². The van der Waals surface area contributed by atoms with Crippen molar-refractivity contribution in [2.24, 2.45) is 0 Å². The summed E-state index contributed by atoms with van der Waals surface area (Å²) in [6.45, 7) is 4.00. The van der Waals surface area contributed by atoms with E-state index in [1.54, 1.807) is 24.3 Å². The van der Waals surface area contributed by atoms with E-state index >= 15 is 0 Å². The van der Waals surface area contributed by atoms with Crippen molar-refractivity contribution in [2.45, 2.75) is 13.8 Å². The van der Waals surface area contributed by atoms with Crippen LogP contribution in [0.15, 0.2) is 30.3 Å². The second kappa shape index (κ2) is 12.2. The van der Waals surface area contributed by atoms with Gasteiger partial charge in [-0.05, 0) is 18.0 Å². The molecule has 0 saturated heterocycles. The molecule has 0 amide bonds. The van der Waals surface area contributed by atoms with Crippen LogP contribution in [0.3, 0.4) is 0 Å². The quantitative estimate of drug-likeness (QED) is 0.662. The van der Waals surface area contributed by atoms with Gasteiger partial charge in [-0.25, -0.2) is 0 Å². The maximum Gasteiger partial charge on any atom is 0.115 e. The Bertz CT molecular complexity index is 139. The highest BCUT2D eigenvalue weighted by Crippen LogP contribution is 2.02. The maximum absolute atomic E-state index is 8.63. The molecule has 0 aliphatic rings. The summed E-state index contributed by atoms with van der Waals surface area (Å²) in [6.07, 6.45) is 0. The van der Waals surface area contributed by atoms with E-state index in [1.807, 2.05) is 25.7 Å². The van der Waals surface area contributed by atoms with Crippen molar-refractivity contribution in [2.75, 3.05) is 5.83 Å². The van der Waals surface area contributed by atoms with Crippen LogP contribution in [0.5, 0.6) is 5.75 Å². The predicted octanol–water partition coefficient (Wildman–Crippen LogP) is 3.43. The first kappa shape index (κ1) is 13.1. The Balaban J connectivity index is 0. The van der Waals surface area contributed by atoms with Gasteiger partial charge in [0.1, 0.15) is 5.75 Å². The molecule has 1 nitrogen and oxygen atoms in total. The zero-order chi connectivity index (χ0) is 9.11. The highest BCUT2D eigenvalue weighted by Gasteiger charge is 1.74. The van der Waals surface area contributed by atoms with Crippen LogP contribution in [0.2, 0.25) is 0 Å². The second-order valence-corrected chi connectivity index (χ2v) is 1.34. The number of alkyl halides is 1. The summed E-state index contributed by atoms with van der Waals surface area (Å²) in [5.41, 5.74) is 0.